The first-order valence-corrected chi connectivity index (χ1v) is 7.26. The third-order valence-electron chi connectivity index (χ3n) is 4.42. The van der Waals surface area contributed by atoms with Crippen molar-refractivity contribution in [2.45, 2.75) is 57.9 Å². The fourth-order valence-corrected chi connectivity index (χ4v) is 2.89. The second-order valence-corrected chi connectivity index (χ2v) is 5.80. The molecule has 2 atom stereocenters. The van der Waals surface area contributed by atoms with Crippen LogP contribution in [0.2, 0.25) is 0 Å². The van der Waals surface area contributed by atoms with Gasteiger partial charge in [0.25, 0.3) is 0 Å². The van der Waals surface area contributed by atoms with E-state index in [-0.39, 0.29) is 5.91 Å². The molecule has 1 aliphatic carbocycles. The van der Waals surface area contributed by atoms with Crippen molar-refractivity contribution in [2.24, 2.45) is 11.8 Å². The molecular weight excluding hydrogens is 212 g/mol. The van der Waals surface area contributed by atoms with Crippen molar-refractivity contribution >= 4 is 5.91 Å². The van der Waals surface area contributed by atoms with Gasteiger partial charge in [-0.25, -0.2) is 0 Å². The molecule has 98 valence electrons. The standard InChI is InChI=1S/C14H26N2O/c1-11(13-5-2-6-13)16-14(17)8-7-12-4-3-9-15-10-12/h11-13,15H,2-10H2,1H3,(H,16,17). The maximum Gasteiger partial charge on any atom is 0.220 e. The predicted molar refractivity (Wildman–Crippen MR) is 69.8 cm³/mol. The molecule has 1 aliphatic heterocycles. The van der Waals surface area contributed by atoms with Crippen LogP contribution in [0.3, 0.4) is 0 Å². The van der Waals surface area contributed by atoms with Crippen molar-refractivity contribution in [1.29, 1.82) is 0 Å². The van der Waals surface area contributed by atoms with E-state index in [1.807, 2.05) is 0 Å². The Morgan fingerprint density at radius 3 is 2.76 bits per heavy atom. The Morgan fingerprint density at radius 1 is 1.35 bits per heavy atom. The minimum absolute atomic E-state index is 0.259. The second-order valence-electron chi connectivity index (χ2n) is 5.80. The average Bonchev–Trinajstić information content (AvgIpc) is 2.25. The number of hydrogen-bond donors (Lipinski definition) is 2. The van der Waals surface area contributed by atoms with Gasteiger partial charge in [-0.1, -0.05) is 6.42 Å². The van der Waals surface area contributed by atoms with Crippen molar-refractivity contribution in [2.75, 3.05) is 13.1 Å². The summed E-state index contributed by atoms with van der Waals surface area (Å²) in [7, 11) is 0. The molecule has 1 saturated carbocycles. The molecule has 0 aromatic carbocycles. The zero-order chi connectivity index (χ0) is 12.1. The summed E-state index contributed by atoms with van der Waals surface area (Å²) in [5.41, 5.74) is 0. The molecule has 3 heteroatoms. The van der Waals surface area contributed by atoms with Gasteiger partial charge in [-0.2, -0.15) is 0 Å². The van der Waals surface area contributed by atoms with Crippen LogP contribution in [0.15, 0.2) is 0 Å². The van der Waals surface area contributed by atoms with Crippen LogP contribution in [0.1, 0.15) is 51.9 Å². The fourth-order valence-electron chi connectivity index (χ4n) is 2.89. The summed E-state index contributed by atoms with van der Waals surface area (Å²) in [5, 5.41) is 6.57. The van der Waals surface area contributed by atoms with Gasteiger partial charge in [-0.15, -0.1) is 0 Å². The number of carbonyl (C=O) groups is 1. The summed E-state index contributed by atoms with van der Waals surface area (Å²) in [6.07, 6.45) is 8.27. The topological polar surface area (TPSA) is 41.1 Å². The van der Waals surface area contributed by atoms with Crippen molar-refractivity contribution in [3.8, 4) is 0 Å². The molecule has 1 heterocycles. The summed E-state index contributed by atoms with van der Waals surface area (Å²) in [5.74, 6) is 1.72. The van der Waals surface area contributed by atoms with Gasteiger partial charge in [0.15, 0.2) is 0 Å². The molecule has 2 rings (SSSR count). The predicted octanol–water partition coefficient (Wildman–Crippen LogP) is 2.07. The van der Waals surface area contributed by atoms with E-state index in [0.717, 1.165) is 25.4 Å². The first-order chi connectivity index (χ1) is 8.25. The fraction of sp³-hybridized carbons (Fsp3) is 0.929. The van der Waals surface area contributed by atoms with E-state index in [1.165, 1.54) is 32.1 Å². The Kier molecular flexibility index (Phi) is 4.84. The number of carbonyl (C=O) groups excluding carboxylic acids is 1. The Balaban J connectivity index is 1.59. The van der Waals surface area contributed by atoms with Crippen LogP contribution in [0.4, 0.5) is 0 Å². The largest absolute Gasteiger partial charge is 0.353 e. The molecule has 1 amide bonds. The van der Waals surface area contributed by atoms with Crippen LogP contribution in [0, 0.1) is 11.8 Å². The van der Waals surface area contributed by atoms with Crippen molar-refractivity contribution in [3.63, 3.8) is 0 Å². The van der Waals surface area contributed by atoms with E-state index >= 15 is 0 Å². The van der Waals surface area contributed by atoms with Crippen LogP contribution in [-0.4, -0.2) is 25.0 Å². The first kappa shape index (κ1) is 12.9. The molecule has 0 bridgehead atoms. The number of rotatable bonds is 5. The molecule has 0 aromatic rings. The first-order valence-electron chi connectivity index (χ1n) is 7.26. The van der Waals surface area contributed by atoms with E-state index in [0.29, 0.717) is 18.4 Å². The normalized spacial score (nSPS) is 27.2. The van der Waals surface area contributed by atoms with Gasteiger partial charge < -0.3 is 10.6 Å². The molecule has 17 heavy (non-hydrogen) atoms. The Bertz CT molecular complexity index is 245. The van der Waals surface area contributed by atoms with Gasteiger partial charge in [-0.3, -0.25) is 4.79 Å². The highest BCUT2D eigenvalue weighted by Crippen LogP contribution is 2.29. The van der Waals surface area contributed by atoms with E-state index in [4.69, 9.17) is 0 Å². The summed E-state index contributed by atoms with van der Waals surface area (Å²) >= 11 is 0. The highest BCUT2D eigenvalue weighted by atomic mass is 16.1. The lowest BCUT2D eigenvalue weighted by Gasteiger charge is -2.32. The molecule has 0 radical (unpaired) electrons. The van der Waals surface area contributed by atoms with E-state index in [1.54, 1.807) is 0 Å². The molecule has 2 aliphatic rings. The number of amides is 1. The van der Waals surface area contributed by atoms with Gasteiger partial charge in [0.2, 0.25) is 5.91 Å². The van der Waals surface area contributed by atoms with Crippen molar-refractivity contribution < 1.29 is 4.79 Å². The summed E-state index contributed by atoms with van der Waals surface area (Å²) in [4.78, 5) is 11.8. The van der Waals surface area contributed by atoms with E-state index < -0.39 is 0 Å². The average molecular weight is 238 g/mol. The third kappa shape index (κ3) is 3.98. The van der Waals surface area contributed by atoms with Crippen LogP contribution in [0.25, 0.3) is 0 Å². The summed E-state index contributed by atoms with van der Waals surface area (Å²) in [6, 6.07) is 0.390. The van der Waals surface area contributed by atoms with Gasteiger partial charge in [-0.05, 0) is 64.0 Å². The monoisotopic (exact) mass is 238 g/mol. The minimum Gasteiger partial charge on any atom is -0.353 e. The van der Waals surface area contributed by atoms with Crippen LogP contribution >= 0.6 is 0 Å². The number of piperidine rings is 1. The summed E-state index contributed by atoms with van der Waals surface area (Å²) in [6.45, 7) is 4.41. The van der Waals surface area contributed by atoms with Gasteiger partial charge >= 0.3 is 0 Å². The highest BCUT2D eigenvalue weighted by Gasteiger charge is 2.25. The van der Waals surface area contributed by atoms with Crippen LogP contribution < -0.4 is 10.6 Å². The molecule has 1 saturated heterocycles. The lowest BCUT2D eigenvalue weighted by atomic mass is 9.80. The minimum atomic E-state index is 0.259. The lowest BCUT2D eigenvalue weighted by molar-refractivity contribution is -0.122. The quantitative estimate of drug-likeness (QED) is 0.770. The van der Waals surface area contributed by atoms with Crippen molar-refractivity contribution in [1.82, 2.24) is 10.6 Å². The van der Waals surface area contributed by atoms with E-state index in [2.05, 4.69) is 17.6 Å². The Labute approximate surface area is 105 Å². The Hall–Kier alpha value is -0.570. The van der Waals surface area contributed by atoms with Gasteiger partial charge in [0.1, 0.15) is 0 Å². The zero-order valence-corrected chi connectivity index (χ0v) is 11.0. The van der Waals surface area contributed by atoms with Crippen LogP contribution in [-0.2, 0) is 4.79 Å². The smallest absolute Gasteiger partial charge is 0.220 e. The summed E-state index contributed by atoms with van der Waals surface area (Å²) < 4.78 is 0. The lowest BCUT2D eigenvalue weighted by Crippen LogP contribution is -2.41. The van der Waals surface area contributed by atoms with Gasteiger partial charge in [0, 0.05) is 12.5 Å². The number of nitrogens with one attached hydrogen (secondary N) is 2. The SMILES string of the molecule is CC(NC(=O)CCC1CCCNC1)C1CCC1. The maximum atomic E-state index is 11.8. The van der Waals surface area contributed by atoms with Crippen LogP contribution in [0.5, 0.6) is 0 Å². The Morgan fingerprint density at radius 2 is 2.18 bits per heavy atom. The van der Waals surface area contributed by atoms with Gasteiger partial charge in [0.05, 0.1) is 0 Å². The molecule has 0 spiro atoms. The maximum absolute atomic E-state index is 11.8. The second kappa shape index (κ2) is 6.39. The molecule has 2 unspecified atom stereocenters. The molecule has 2 fully saturated rings. The third-order valence-corrected chi connectivity index (χ3v) is 4.42. The highest BCUT2D eigenvalue weighted by molar-refractivity contribution is 5.76. The van der Waals surface area contributed by atoms with Crippen molar-refractivity contribution in [3.05, 3.63) is 0 Å². The number of hydrogen-bond acceptors (Lipinski definition) is 2. The van der Waals surface area contributed by atoms with E-state index in [9.17, 15) is 4.79 Å². The molecular formula is C14H26N2O. The zero-order valence-electron chi connectivity index (χ0n) is 11.0. The molecule has 0 aromatic heterocycles. The molecule has 2 N–H and O–H groups in total. The molecule has 3 nitrogen and oxygen atoms in total.